The van der Waals surface area contributed by atoms with Crippen molar-refractivity contribution in [1.29, 1.82) is 0 Å². The van der Waals surface area contributed by atoms with Crippen LogP contribution in [0.4, 0.5) is 0 Å². The first-order valence-electron chi connectivity index (χ1n) is 4.78. The molecule has 1 atom stereocenters. The maximum absolute atomic E-state index is 10.2. The Morgan fingerprint density at radius 2 is 2.50 bits per heavy atom. The van der Waals surface area contributed by atoms with Gasteiger partial charge in [-0.2, -0.15) is 0 Å². The summed E-state index contributed by atoms with van der Waals surface area (Å²) in [4.78, 5) is 12.4. The average Bonchev–Trinajstić information content (AvgIpc) is 2.12. The number of ether oxygens (including phenoxy) is 2. The summed E-state index contributed by atoms with van der Waals surface area (Å²) in [5.74, 6) is -0.827. The van der Waals surface area contributed by atoms with Crippen LogP contribution in [0.5, 0.6) is 0 Å². The molecule has 0 spiro atoms. The molecule has 0 aromatic rings. The Bertz CT molecular complexity index is 186. The highest BCUT2D eigenvalue weighted by molar-refractivity contribution is 5.66. The third-order valence-electron chi connectivity index (χ3n) is 2.11. The molecule has 1 aliphatic rings. The maximum Gasteiger partial charge on any atom is 0.305 e. The van der Waals surface area contributed by atoms with Crippen LogP contribution in [0.25, 0.3) is 0 Å². The Hall–Kier alpha value is -0.650. The first-order valence-corrected chi connectivity index (χ1v) is 4.78. The van der Waals surface area contributed by atoms with E-state index in [9.17, 15) is 4.79 Å². The summed E-state index contributed by atoms with van der Waals surface area (Å²) in [5.41, 5.74) is 0. The number of likely N-dealkylation sites (N-methyl/N-ethyl adjacent to an activating group) is 1. The van der Waals surface area contributed by atoms with Crippen molar-refractivity contribution in [2.75, 3.05) is 40.0 Å². The van der Waals surface area contributed by atoms with Crippen LogP contribution in [0.2, 0.25) is 0 Å². The number of carboxylic acid groups (broad SMARTS) is 1. The molecule has 1 heterocycles. The Morgan fingerprint density at radius 1 is 1.71 bits per heavy atom. The number of morpholine rings is 1. The number of hydrogen-bond acceptors (Lipinski definition) is 4. The lowest BCUT2D eigenvalue weighted by atomic mass is 10.3. The van der Waals surface area contributed by atoms with Crippen molar-refractivity contribution < 1.29 is 19.4 Å². The Balaban J connectivity index is 2.03. The zero-order valence-electron chi connectivity index (χ0n) is 8.44. The van der Waals surface area contributed by atoms with Gasteiger partial charge < -0.3 is 19.5 Å². The van der Waals surface area contributed by atoms with E-state index in [0.29, 0.717) is 6.61 Å². The molecular formula is C9H17NO4. The molecular weight excluding hydrogens is 186 g/mol. The van der Waals surface area contributed by atoms with Crippen molar-refractivity contribution >= 4 is 5.97 Å². The van der Waals surface area contributed by atoms with Gasteiger partial charge in [0.1, 0.15) is 0 Å². The number of rotatable bonds is 5. The Morgan fingerprint density at radius 3 is 3.14 bits per heavy atom. The molecule has 1 rings (SSSR count). The van der Waals surface area contributed by atoms with Crippen molar-refractivity contribution in [1.82, 2.24) is 4.90 Å². The van der Waals surface area contributed by atoms with Gasteiger partial charge in [0, 0.05) is 13.1 Å². The minimum atomic E-state index is -0.827. The van der Waals surface area contributed by atoms with E-state index in [2.05, 4.69) is 4.90 Å². The summed E-state index contributed by atoms with van der Waals surface area (Å²) >= 11 is 0. The predicted octanol–water partition coefficient (Wildman–Crippen LogP) is -0.192. The molecule has 0 aromatic carbocycles. The van der Waals surface area contributed by atoms with Crippen LogP contribution in [0.15, 0.2) is 0 Å². The zero-order valence-corrected chi connectivity index (χ0v) is 8.44. The molecule has 0 aromatic heterocycles. The van der Waals surface area contributed by atoms with Gasteiger partial charge in [-0.15, -0.1) is 0 Å². The molecule has 5 heteroatoms. The fourth-order valence-corrected chi connectivity index (χ4v) is 1.34. The molecule has 82 valence electrons. The van der Waals surface area contributed by atoms with Gasteiger partial charge in [0.05, 0.1) is 32.3 Å². The van der Waals surface area contributed by atoms with E-state index in [0.717, 1.165) is 19.7 Å². The van der Waals surface area contributed by atoms with E-state index < -0.39 is 5.97 Å². The molecule has 1 aliphatic heterocycles. The highest BCUT2D eigenvalue weighted by Gasteiger charge is 2.17. The van der Waals surface area contributed by atoms with Gasteiger partial charge in [-0.25, -0.2) is 0 Å². The van der Waals surface area contributed by atoms with Gasteiger partial charge in [-0.3, -0.25) is 4.79 Å². The third-order valence-corrected chi connectivity index (χ3v) is 2.11. The highest BCUT2D eigenvalue weighted by atomic mass is 16.5. The highest BCUT2D eigenvalue weighted by Crippen LogP contribution is 2.03. The smallest absolute Gasteiger partial charge is 0.305 e. The van der Waals surface area contributed by atoms with E-state index in [1.165, 1.54) is 0 Å². The van der Waals surface area contributed by atoms with E-state index in [1.54, 1.807) is 0 Å². The molecule has 0 radical (unpaired) electrons. The minimum absolute atomic E-state index is 0.0581. The molecule has 1 N–H and O–H groups in total. The van der Waals surface area contributed by atoms with Gasteiger partial charge in [0.2, 0.25) is 0 Å². The molecule has 5 nitrogen and oxygen atoms in total. The Labute approximate surface area is 83.6 Å². The minimum Gasteiger partial charge on any atom is -0.481 e. The summed E-state index contributed by atoms with van der Waals surface area (Å²) in [5, 5.41) is 8.37. The zero-order chi connectivity index (χ0) is 10.4. The first-order chi connectivity index (χ1) is 6.68. The van der Waals surface area contributed by atoms with Gasteiger partial charge >= 0.3 is 5.97 Å². The van der Waals surface area contributed by atoms with Crippen molar-refractivity contribution in [2.45, 2.75) is 12.5 Å². The number of carbonyl (C=O) groups is 1. The van der Waals surface area contributed by atoms with Gasteiger partial charge in [-0.1, -0.05) is 0 Å². The maximum atomic E-state index is 10.2. The molecule has 0 aliphatic carbocycles. The van der Waals surface area contributed by atoms with Crippen molar-refractivity contribution in [3.05, 3.63) is 0 Å². The largest absolute Gasteiger partial charge is 0.481 e. The number of nitrogens with zero attached hydrogens (tertiary/aromatic N) is 1. The summed E-state index contributed by atoms with van der Waals surface area (Å²) in [6.07, 6.45) is 0.144. The molecule has 1 fully saturated rings. The monoisotopic (exact) mass is 203 g/mol. The van der Waals surface area contributed by atoms with Gasteiger partial charge in [0.15, 0.2) is 0 Å². The second kappa shape index (κ2) is 5.95. The van der Waals surface area contributed by atoms with E-state index in [4.69, 9.17) is 14.6 Å². The van der Waals surface area contributed by atoms with Gasteiger partial charge in [0.25, 0.3) is 0 Å². The summed E-state index contributed by atoms with van der Waals surface area (Å²) in [6.45, 7) is 3.28. The number of aliphatic carboxylic acids is 1. The number of hydrogen-bond donors (Lipinski definition) is 1. The van der Waals surface area contributed by atoms with Crippen LogP contribution in [-0.4, -0.2) is 62.0 Å². The lowest BCUT2D eigenvalue weighted by molar-refractivity contribution is -0.138. The molecule has 0 saturated carbocycles. The fourth-order valence-electron chi connectivity index (χ4n) is 1.34. The third kappa shape index (κ3) is 4.55. The van der Waals surface area contributed by atoms with Gasteiger partial charge in [-0.05, 0) is 7.05 Å². The first kappa shape index (κ1) is 11.4. The summed E-state index contributed by atoms with van der Waals surface area (Å²) < 4.78 is 10.6. The molecule has 0 unspecified atom stereocenters. The van der Waals surface area contributed by atoms with Crippen LogP contribution in [0.3, 0.4) is 0 Å². The second-order valence-electron chi connectivity index (χ2n) is 3.47. The van der Waals surface area contributed by atoms with Crippen LogP contribution in [0, 0.1) is 0 Å². The van der Waals surface area contributed by atoms with E-state index in [1.807, 2.05) is 7.05 Å². The normalized spacial score (nSPS) is 23.6. The average molecular weight is 203 g/mol. The van der Waals surface area contributed by atoms with Crippen LogP contribution in [-0.2, 0) is 14.3 Å². The van der Waals surface area contributed by atoms with Crippen molar-refractivity contribution in [3.8, 4) is 0 Å². The fraction of sp³-hybridized carbons (Fsp3) is 0.889. The van der Waals surface area contributed by atoms with Crippen molar-refractivity contribution in [2.24, 2.45) is 0 Å². The van der Waals surface area contributed by atoms with Crippen molar-refractivity contribution in [3.63, 3.8) is 0 Å². The summed E-state index contributed by atoms with van der Waals surface area (Å²) in [7, 11) is 2.03. The van der Waals surface area contributed by atoms with Crippen LogP contribution < -0.4 is 0 Å². The Kier molecular flexibility index (Phi) is 4.86. The molecule has 1 saturated heterocycles. The van der Waals surface area contributed by atoms with Crippen LogP contribution >= 0.6 is 0 Å². The molecule has 0 amide bonds. The number of carboxylic acids is 1. The van der Waals surface area contributed by atoms with E-state index >= 15 is 0 Å². The standard InChI is InChI=1S/C9H17NO4/c1-10-3-5-14-8(6-10)7-13-4-2-9(11)12/h8H,2-7H2,1H3,(H,11,12)/t8-/m0/s1. The molecule has 0 bridgehead atoms. The second-order valence-corrected chi connectivity index (χ2v) is 3.47. The lowest BCUT2D eigenvalue weighted by Gasteiger charge is -2.29. The summed E-state index contributed by atoms with van der Waals surface area (Å²) in [6, 6.07) is 0. The topological polar surface area (TPSA) is 59.0 Å². The van der Waals surface area contributed by atoms with E-state index in [-0.39, 0.29) is 19.1 Å². The lowest BCUT2D eigenvalue weighted by Crippen LogP contribution is -2.42. The quantitative estimate of drug-likeness (QED) is 0.627. The predicted molar refractivity (Wildman–Crippen MR) is 50.3 cm³/mol. The molecule has 14 heavy (non-hydrogen) atoms. The SMILES string of the molecule is CN1CCO[C@H](COCCC(=O)O)C1. The van der Waals surface area contributed by atoms with Crippen LogP contribution in [0.1, 0.15) is 6.42 Å².